The average Bonchev–Trinajstić information content (AvgIpc) is 3.21. The number of nitrogens with zero attached hydrogens (tertiary/aromatic N) is 2. The standard InChI is InChI=1S/C20H19N5O/c1-13-19(22-12-21-13)15-4-3-5-16(11-15)23-20(26)24-17-6-7-18-14(10-17)8-9-25(18)2/h3-12H,1-2H3,(H,21,22)(H2,23,24,26). The van der Waals surface area contributed by atoms with Crippen LogP contribution in [0.15, 0.2) is 61.1 Å². The summed E-state index contributed by atoms with van der Waals surface area (Å²) < 4.78 is 2.04. The van der Waals surface area contributed by atoms with Crippen molar-refractivity contribution in [3.63, 3.8) is 0 Å². The van der Waals surface area contributed by atoms with Crippen molar-refractivity contribution in [2.45, 2.75) is 6.92 Å². The van der Waals surface area contributed by atoms with Crippen molar-refractivity contribution in [2.75, 3.05) is 10.6 Å². The van der Waals surface area contributed by atoms with Crippen LogP contribution in [0.4, 0.5) is 16.2 Å². The fourth-order valence-electron chi connectivity index (χ4n) is 3.05. The van der Waals surface area contributed by atoms with Crippen LogP contribution >= 0.6 is 0 Å². The number of hydrogen-bond donors (Lipinski definition) is 3. The third kappa shape index (κ3) is 3.04. The number of carbonyl (C=O) groups excluding carboxylic acids is 1. The average molecular weight is 345 g/mol. The molecule has 6 nitrogen and oxygen atoms in total. The Morgan fingerprint density at radius 1 is 1.08 bits per heavy atom. The van der Waals surface area contributed by atoms with Gasteiger partial charge in [0.25, 0.3) is 0 Å². The van der Waals surface area contributed by atoms with Crippen molar-refractivity contribution in [1.29, 1.82) is 0 Å². The first kappa shape index (κ1) is 16.0. The Bertz CT molecular complexity index is 1090. The van der Waals surface area contributed by atoms with Gasteiger partial charge in [-0.15, -0.1) is 0 Å². The van der Waals surface area contributed by atoms with Gasteiger partial charge in [0.15, 0.2) is 0 Å². The second-order valence-electron chi connectivity index (χ2n) is 6.24. The topological polar surface area (TPSA) is 74.7 Å². The summed E-state index contributed by atoms with van der Waals surface area (Å²) in [6.07, 6.45) is 3.66. The Hall–Kier alpha value is -3.54. The number of urea groups is 1. The fraction of sp³-hybridized carbons (Fsp3) is 0.100. The molecule has 2 amide bonds. The SMILES string of the molecule is Cc1[nH]cnc1-c1cccc(NC(=O)Nc2ccc3c(ccn3C)c2)c1. The van der Waals surface area contributed by atoms with Gasteiger partial charge in [-0.3, -0.25) is 0 Å². The summed E-state index contributed by atoms with van der Waals surface area (Å²) in [5, 5.41) is 6.83. The van der Waals surface area contributed by atoms with Crippen LogP contribution in [0.1, 0.15) is 5.69 Å². The van der Waals surface area contributed by atoms with Gasteiger partial charge in [-0.25, -0.2) is 9.78 Å². The molecule has 0 aliphatic rings. The van der Waals surface area contributed by atoms with E-state index in [1.165, 1.54) is 0 Å². The van der Waals surface area contributed by atoms with E-state index < -0.39 is 0 Å². The van der Waals surface area contributed by atoms with Gasteiger partial charge in [-0.05, 0) is 43.3 Å². The van der Waals surface area contributed by atoms with Gasteiger partial charge >= 0.3 is 6.03 Å². The number of benzene rings is 2. The number of amides is 2. The number of carbonyl (C=O) groups is 1. The molecule has 130 valence electrons. The number of fused-ring (bicyclic) bond motifs is 1. The predicted octanol–water partition coefficient (Wildman–Crippen LogP) is 4.52. The zero-order valence-corrected chi connectivity index (χ0v) is 14.6. The molecule has 0 aliphatic carbocycles. The second kappa shape index (κ2) is 6.40. The number of aromatic amines is 1. The molecule has 2 heterocycles. The lowest BCUT2D eigenvalue weighted by Gasteiger charge is -2.09. The number of nitrogens with one attached hydrogen (secondary N) is 3. The van der Waals surface area contributed by atoms with Crippen LogP contribution in [0.25, 0.3) is 22.2 Å². The van der Waals surface area contributed by atoms with Gasteiger partial charge in [0, 0.05) is 46.8 Å². The van der Waals surface area contributed by atoms with Gasteiger partial charge in [0.2, 0.25) is 0 Å². The number of rotatable bonds is 3. The van der Waals surface area contributed by atoms with E-state index in [-0.39, 0.29) is 6.03 Å². The monoisotopic (exact) mass is 345 g/mol. The molecule has 0 atom stereocenters. The van der Waals surface area contributed by atoms with Crippen LogP contribution in [0.3, 0.4) is 0 Å². The summed E-state index contributed by atoms with van der Waals surface area (Å²) in [5.41, 5.74) is 5.40. The number of imidazole rings is 1. The molecule has 4 rings (SSSR count). The van der Waals surface area contributed by atoms with E-state index >= 15 is 0 Å². The van der Waals surface area contributed by atoms with E-state index in [0.29, 0.717) is 5.69 Å². The van der Waals surface area contributed by atoms with E-state index in [1.54, 1.807) is 6.33 Å². The first-order valence-electron chi connectivity index (χ1n) is 8.34. The molecule has 0 saturated carbocycles. The third-order valence-electron chi connectivity index (χ3n) is 4.37. The molecular weight excluding hydrogens is 326 g/mol. The molecule has 0 aliphatic heterocycles. The number of H-pyrrole nitrogens is 1. The van der Waals surface area contributed by atoms with Crippen molar-refractivity contribution in [3.05, 3.63) is 66.7 Å². The van der Waals surface area contributed by atoms with Crippen molar-refractivity contribution in [3.8, 4) is 11.3 Å². The molecule has 2 aromatic heterocycles. The minimum absolute atomic E-state index is 0.281. The van der Waals surface area contributed by atoms with Crippen LogP contribution in [-0.2, 0) is 7.05 Å². The molecule has 3 N–H and O–H groups in total. The summed E-state index contributed by atoms with van der Waals surface area (Å²) in [4.78, 5) is 19.7. The van der Waals surface area contributed by atoms with Crippen LogP contribution < -0.4 is 10.6 Å². The molecule has 2 aromatic carbocycles. The summed E-state index contributed by atoms with van der Waals surface area (Å²) in [7, 11) is 2.00. The number of hydrogen-bond acceptors (Lipinski definition) is 2. The molecule has 0 spiro atoms. The Morgan fingerprint density at radius 3 is 2.65 bits per heavy atom. The highest BCUT2D eigenvalue weighted by molar-refractivity contribution is 6.01. The highest BCUT2D eigenvalue weighted by Gasteiger charge is 2.08. The molecule has 0 bridgehead atoms. The molecule has 26 heavy (non-hydrogen) atoms. The van der Waals surface area contributed by atoms with Gasteiger partial charge in [-0.1, -0.05) is 12.1 Å². The Labute approximate surface area is 150 Å². The van der Waals surface area contributed by atoms with E-state index in [1.807, 2.05) is 73.3 Å². The predicted molar refractivity (Wildman–Crippen MR) is 104 cm³/mol. The highest BCUT2D eigenvalue weighted by Crippen LogP contribution is 2.23. The smallest absolute Gasteiger partial charge is 0.323 e. The lowest BCUT2D eigenvalue weighted by molar-refractivity contribution is 0.262. The van der Waals surface area contributed by atoms with Crippen molar-refractivity contribution in [2.24, 2.45) is 7.05 Å². The molecule has 0 fully saturated rings. The Balaban J connectivity index is 1.50. The van der Waals surface area contributed by atoms with E-state index in [9.17, 15) is 4.79 Å². The summed E-state index contributed by atoms with van der Waals surface area (Å²) in [5.74, 6) is 0. The van der Waals surface area contributed by atoms with Crippen LogP contribution in [0, 0.1) is 6.92 Å². The molecular formula is C20H19N5O. The summed E-state index contributed by atoms with van der Waals surface area (Å²) >= 11 is 0. The third-order valence-corrected chi connectivity index (χ3v) is 4.37. The Kier molecular flexibility index (Phi) is 3.93. The maximum Gasteiger partial charge on any atom is 0.323 e. The fourth-order valence-corrected chi connectivity index (χ4v) is 3.05. The molecule has 0 saturated heterocycles. The largest absolute Gasteiger partial charge is 0.351 e. The number of aryl methyl sites for hydroxylation is 2. The van der Waals surface area contributed by atoms with Crippen molar-refractivity contribution < 1.29 is 4.79 Å². The van der Waals surface area contributed by atoms with Crippen molar-refractivity contribution >= 4 is 28.3 Å². The highest BCUT2D eigenvalue weighted by atomic mass is 16.2. The quantitative estimate of drug-likeness (QED) is 0.511. The normalized spacial score (nSPS) is 10.8. The van der Waals surface area contributed by atoms with Crippen LogP contribution in [0.2, 0.25) is 0 Å². The van der Waals surface area contributed by atoms with Gasteiger partial charge in [0.1, 0.15) is 0 Å². The van der Waals surface area contributed by atoms with Crippen LogP contribution in [0.5, 0.6) is 0 Å². The molecule has 6 heteroatoms. The van der Waals surface area contributed by atoms with E-state index in [4.69, 9.17) is 0 Å². The molecule has 0 unspecified atom stereocenters. The van der Waals surface area contributed by atoms with Gasteiger partial charge in [0.05, 0.1) is 12.0 Å². The van der Waals surface area contributed by atoms with Gasteiger partial charge < -0.3 is 20.2 Å². The zero-order valence-electron chi connectivity index (χ0n) is 14.6. The first-order valence-corrected chi connectivity index (χ1v) is 8.34. The van der Waals surface area contributed by atoms with Gasteiger partial charge in [-0.2, -0.15) is 0 Å². The number of anilines is 2. The van der Waals surface area contributed by atoms with Crippen LogP contribution in [-0.4, -0.2) is 20.6 Å². The second-order valence-corrected chi connectivity index (χ2v) is 6.24. The lowest BCUT2D eigenvalue weighted by atomic mass is 10.1. The minimum atomic E-state index is -0.281. The lowest BCUT2D eigenvalue weighted by Crippen LogP contribution is -2.19. The maximum absolute atomic E-state index is 12.3. The summed E-state index contributed by atoms with van der Waals surface area (Å²) in [6.45, 7) is 1.97. The van der Waals surface area contributed by atoms with E-state index in [2.05, 4.69) is 20.6 Å². The minimum Gasteiger partial charge on any atom is -0.351 e. The zero-order chi connectivity index (χ0) is 18.1. The Morgan fingerprint density at radius 2 is 1.88 bits per heavy atom. The van der Waals surface area contributed by atoms with E-state index in [0.717, 1.165) is 33.5 Å². The first-order chi connectivity index (χ1) is 12.6. The number of aromatic nitrogens is 3. The molecule has 4 aromatic rings. The molecule has 0 radical (unpaired) electrons. The van der Waals surface area contributed by atoms with Crippen molar-refractivity contribution in [1.82, 2.24) is 14.5 Å². The maximum atomic E-state index is 12.3. The summed E-state index contributed by atoms with van der Waals surface area (Å²) in [6, 6.07) is 15.2.